The van der Waals surface area contributed by atoms with E-state index in [0.717, 1.165) is 18.4 Å². The molecular weight excluding hydrogens is 212 g/mol. The van der Waals surface area contributed by atoms with Crippen LogP contribution >= 0.6 is 11.6 Å². The molecule has 0 aromatic carbocycles. The van der Waals surface area contributed by atoms with Gasteiger partial charge in [0.05, 0.1) is 6.42 Å². The lowest BCUT2D eigenvalue weighted by atomic mass is 9.67. The van der Waals surface area contributed by atoms with Gasteiger partial charge in [0.1, 0.15) is 6.10 Å². The largest absolute Gasteiger partial charge is 0.462 e. The lowest BCUT2D eigenvalue weighted by Gasteiger charge is -2.41. The van der Waals surface area contributed by atoms with E-state index in [1.807, 2.05) is 6.92 Å². The molecule has 0 bridgehead atoms. The Morgan fingerprint density at radius 1 is 1.60 bits per heavy atom. The minimum atomic E-state index is -0.162. The van der Waals surface area contributed by atoms with Crippen LogP contribution in [0.4, 0.5) is 0 Å². The number of carbonyl (C=O) groups excluding carboxylic acids is 1. The van der Waals surface area contributed by atoms with Crippen LogP contribution in [0.1, 0.15) is 33.1 Å². The smallest absolute Gasteiger partial charge is 0.306 e. The highest BCUT2D eigenvalue weighted by Gasteiger charge is 2.53. The molecule has 1 saturated carbocycles. The Kier molecular flexibility index (Phi) is 2.58. The van der Waals surface area contributed by atoms with Crippen molar-refractivity contribution in [2.75, 3.05) is 0 Å². The van der Waals surface area contributed by atoms with Crippen molar-refractivity contribution < 1.29 is 9.53 Å². The van der Waals surface area contributed by atoms with Crippen LogP contribution in [0, 0.1) is 11.3 Å². The summed E-state index contributed by atoms with van der Waals surface area (Å²) in [4.78, 5) is 11.3. The second-order valence-corrected chi connectivity index (χ2v) is 5.67. The van der Waals surface area contributed by atoms with E-state index >= 15 is 0 Å². The van der Waals surface area contributed by atoms with E-state index in [0.29, 0.717) is 12.3 Å². The minimum absolute atomic E-state index is 0.0112. The molecule has 1 aliphatic carbocycles. The normalized spacial score (nSPS) is 44.7. The van der Waals surface area contributed by atoms with Gasteiger partial charge in [-0.05, 0) is 25.7 Å². The zero-order valence-corrected chi connectivity index (χ0v) is 10.0. The first-order chi connectivity index (χ1) is 6.93. The van der Waals surface area contributed by atoms with E-state index < -0.39 is 0 Å². The number of alkyl halides is 1. The number of rotatable bonds is 1. The molecule has 2 aliphatic rings. The predicted octanol–water partition coefficient (Wildman–Crippen LogP) is 2.90. The molecule has 2 fully saturated rings. The maximum atomic E-state index is 11.3. The third-order valence-electron chi connectivity index (χ3n) is 3.94. The predicted molar refractivity (Wildman–Crippen MR) is 59.8 cm³/mol. The summed E-state index contributed by atoms with van der Waals surface area (Å²) in [6, 6.07) is 0. The van der Waals surface area contributed by atoms with Gasteiger partial charge in [-0.2, -0.15) is 0 Å². The second-order valence-electron chi connectivity index (χ2n) is 5.14. The van der Waals surface area contributed by atoms with Gasteiger partial charge < -0.3 is 4.74 Å². The van der Waals surface area contributed by atoms with Crippen molar-refractivity contribution in [2.45, 2.75) is 44.6 Å². The zero-order valence-electron chi connectivity index (χ0n) is 9.25. The van der Waals surface area contributed by atoms with E-state index in [-0.39, 0.29) is 22.9 Å². The third kappa shape index (κ3) is 1.69. The lowest BCUT2D eigenvalue weighted by molar-refractivity contribution is -0.142. The Morgan fingerprint density at radius 2 is 2.27 bits per heavy atom. The second kappa shape index (κ2) is 3.51. The van der Waals surface area contributed by atoms with E-state index in [9.17, 15) is 4.79 Å². The number of halogens is 1. The first-order valence-electron chi connectivity index (χ1n) is 5.42. The molecule has 1 heterocycles. The maximum absolute atomic E-state index is 11.3. The van der Waals surface area contributed by atoms with E-state index in [1.54, 1.807) is 0 Å². The van der Waals surface area contributed by atoms with Gasteiger partial charge in [0, 0.05) is 10.8 Å². The molecule has 4 atom stereocenters. The number of hydrogen-bond donors (Lipinski definition) is 0. The molecule has 0 aromatic rings. The summed E-state index contributed by atoms with van der Waals surface area (Å²) >= 11 is 6.39. The molecule has 0 aromatic heterocycles. The maximum Gasteiger partial charge on any atom is 0.306 e. The number of esters is 1. The number of fused-ring (bicyclic) bond motifs is 1. The molecule has 84 valence electrons. The fourth-order valence-corrected chi connectivity index (χ4v) is 3.10. The molecule has 1 aliphatic heterocycles. The summed E-state index contributed by atoms with van der Waals surface area (Å²) in [6.07, 6.45) is 2.26. The summed E-state index contributed by atoms with van der Waals surface area (Å²) in [5, 5.41) is 0.0180. The fourth-order valence-electron chi connectivity index (χ4n) is 2.67. The van der Waals surface area contributed by atoms with Crippen LogP contribution in [0.5, 0.6) is 0 Å². The van der Waals surface area contributed by atoms with Crippen molar-refractivity contribution >= 4 is 17.6 Å². The topological polar surface area (TPSA) is 26.3 Å². The molecule has 0 N–H and O–H groups in total. The number of hydrogen-bond acceptors (Lipinski definition) is 2. The summed E-state index contributed by atoms with van der Waals surface area (Å²) in [6.45, 7) is 8.06. The molecule has 15 heavy (non-hydrogen) atoms. The first kappa shape index (κ1) is 11.0. The van der Waals surface area contributed by atoms with Crippen LogP contribution in [0.2, 0.25) is 0 Å². The summed E-state index contributed by atoms with van der Waals surface area (Å²) < 4.78 is 5.35. The van der Waals surface area contributed by atoms with Crippen molar-refractivity contribution in [3.63, 3.8) is 0 Å². The number of allylic oxidation sites excluding steroid dienone is 1. The standard InChI is InChI=1S/C12H17ClO2/c1-7(2)8-4-9(13)12(3)6-11(14)15-10(12)5-8/h8-10H,1,4-6H2,2-3H3/t8-,9+,10+,12-/m0/s1. The quantitative estimate of drug-likeness (QED) is 0.392. The molecule has 3 heteroatoms. The molecule has 2 nitrogen and oxygen atoms in total. The van der Waals surface area contributed by atoms with Crippen molar-refractivity contribution in [2.24, 2.45) is 11.3 Å². The zero-order chi connectivity index (χ0) is 11.2. The SMILES string of the molecule is C=C(C)[C@H]1C[C@@H](Cl)[C@]2(C)CC(=O)O[C@@H]2C1. The van der Waals surface area contributed by atoms with Gasteiger partial charge in [-0.1, -0.05) is 19.1 Å². The Labute approximate surface area is 95.6 Å². The van der Waals surface area contributed by atoms with Crippen molar-refractivity contribution in [1.82, 2.24) is 0 Å². The number of ether oxygens (including phenoxy) is 1. The molecule has 0 unspecified atom stereocenters. The average molecular weight is 229 g/mol. The monoisotopic (exact) mass is 228 g/mol. The first-order valence-corrected chi connectivity index (χ1v) is 5.86. The lowest BCUT2D eigenvalue weighted by Crippen LogP contribution is -2.43. The van der Waals surface area contributed by atoms with Crippen molar-refractivity contribution in [3.8, 4) is 0 Å². The van der Waals surface area contributed by atoms with Crippen LogP contribution in [-0.4, -0.2) is 17.5 Å². The average Bonchev–Trinajstić information content (AvgIpc) is 2.41. The molecule has 0 amide bonds. The van der Waals surface area contributed by atoms with Crippen LogP contribution < -0.4 is 0 Å². The summed E-state index contributed by atoms with van der Waals surface area (Å²) in [7, 11) is 0. The van der Waals surface area contributed by atoms with Gasteiger partial charge in [0.15, 0.2) is 0 Å². The van der Waals surface area contributed by atoms with Crippen molar-refractivity contribution in [1.29, 1.82) is 0 Å². The third-order valence-corrected chi connectivity index (χ3v) is 4.61. The van der Waals surface area contributed by atoms with Gasteiger partial charge in [-0.3, -0.25) is 4.79 Å². The van der Waals surface area contributed by atoms with Gasteiger partial charge in [-0.15, -0.1) is 11.6 Å². The Bertz CT molecular complexity index is 313. The Morgan fingerprint density at radius 3 is 2.87 bits per heavy atom. The molecule has 2 rings (SSSR count). The van der Waals surface area contributed by atoms with Crippen LogP contribution in [0.3, 0.4) is 0 Å². The van der Waals surface area contributed by atoms with Crippen LogP contribution in [-0.2, 0) is 9.53 Å². The Balaban J connectivity index is 2.21. The van der Waals surface area contributed by atoms with Crippen LogP contribution in [0.25, 0.3) is 0 Å². The summed E-state index contributed by atoms with van der Waals surface area (Å²) in [5.41, 5.74) is 0.982. The molecule has 1 saturated heterocycles. The highest BCUT2D eigenvalue weighted by Crippen LogP contribution is 2.50. The Hall–Kier alpha value is -0.500. The van der Waals surface area contributed by atoms with E-state index in [2.05, 4.69) is 13.5 Å². The van der Waals surface area contributed by atoms with Gasteiger partial charge >= 0.3 is 5.97 Å². The molecular formula is C12H17ClO2. The van der Waals surface area contributed by atoms with Gasteiger partial charge in [0.2, 0.25) is 0 Å². The molecule has 0 spiro atoms. The molecule has 0 radical (unpaired) electrons. The van der Waals surface area contributed by atoms with E-state index in [1.165, 1.54) is 0 Å². The highest BCUT2D eigenvalue weighted by atomic mass is 35.5. The van der Waals surface area contributed by atoms with Gasteiger partial charge in [-0.25, -0.2) is 0 Å². The van der Waals surface area contributed by atoms with Crippen LogP contribution in [0.15, 0.2) is 12.2 Å². The van der Waals surface area contributed by atoms with Crippen molar-refractivity contribution in [3.05, 3.63) is 12.2 Å². The highest BCUT2D eigenvalue weighted by molar-refractivity contribution is 6.21. The number of carbonyl (C=O) groups is 1. The van der Waals surface area contributed by atoms with Gasteiger partial charge in [0.25, 0.3) is 0 Å². The fraction of sp³-hybridized carbons (Fsp3) is 0.750. The summed E-state index contributed by atoms with van der Waals surface area (Å²) in [5.74, 6) is 0.298. The minimum Gasteiger partial charge on any atom is -0.462 e. The van der Waals surface area contributed by atoms with E-state index in [4.69, 9.17) is 16.3 Å².